The predicted octanol–water partition coefficient (Wildman–Crippen LogP) is 5.52. The van der Waals surface area contributed by atoms with Crippen LogP contribution in [0.1, 0.15) is 5.56 Å². The summed E-state index contributed by atoms with van der Waals surface area (Å²) in [5, 5.41) is 9.36. The maximum absolute atomic E-state index is 14.2. The Morgan fingerprint density at radius 3 is 2.52 bits per heavy atom. The molecule has 2 aromatic carbocycles. The van der Waals surface area contributed by atoms with Crippen LogP contribution in [-0.4, -0.2) is 19.7 Å². The zero-order chi connectivity index (χ0) is 18.6. The molecule has 0 spiro atoms. The van der Waals surface area contributed by atoms with Crippen LogP contribution in [-0.2, 0) is 5.75 Å². The Morgan fingerprint density at radius 1 is 0.963 bits per heavy atom. The molecule has 134 valence electrons. The first-order valence-electron chi connectivity index (χ1n) is 8.21. The molecule has 0 fully saturated rings. The van der Waals surface area contributed by atoms with Crippen LogP contribution in [0.3, 0.4) is 0 Å². The van der Waals surface area contributed by atoms with E-state index in [2.05, 4.69) is 31.1 Å². The molecule has 0 aliphatic carbocycles. The Labute approximate surface area is 168 Å². The van der Waals surface area contributed by atoms with Crippen LogP contribution in [0.15, 0.2) is 82.6 Å². The molecule has 0 radical (unpaired) electrons. The van der Waals surface area contributed by atoms with Crippen molar-refractivity contribution in [3.8, 4) is 17.2 Å². The smallest absolute Gasteiger partial charge is 0.196 e. The number of para-hydroxylation sites is 1. The SMILES string of the molecule is Fc1cc(Br)ccc1CSc1nnc(-c2ccccn2)n1-c1ccccc1. The molecular formula is C20H14BrFN4S. The summed E-state index contributed by atoms with van der Waals surface area (Å²) >= 11 is 4.72. The van der Waals surface area contributed by atoms with E-state index < -0.39 is 0 Å². The largest absolute Gasteiger partial charge is 0.269 e. The van der Waals surface area contributed by atoms with Crippen LogP contribution in [0.5, 0.6) is 0 Å². The lowest BCUT2D eigenvalue weighted by Gasteiger charge is -2.10. The van der Waals surface area contributed by atoms with E-state index in [0.717, 1.165) is 15.9 Å². The highest BCUT2D eigenvalue weighted by Crippen LogP contribution is 2.30. The Bertz CT molecular complexity index is 1050. The maximum Gasteiger partial charge on any atom is 0.196 e. The van der Waals surface area contributed by atoms with Gasteiger partial charge in [-0.05, 0) is 42.0 Å². The van der Waals surface area contributed by atoms with Gasteiger partial charge in [-0.15, -0.1) is 10.2 Å². The molecule has 4 nitrogen and oxygen atoms in total. The van der Waals surface area contributed by atoms with Crippen molar-refractivity contribution < 1.29 is 4.39 Å². The van der Waals surface area contributed by atoms with E-state index in [-0.39, 0.29) is 5.82 Å². The van der Waals surface area contributed by atoms with Gasteiger partial charge in [-0.2, -0.15) is 0 Å². The summed E-state index contributed by atoms with van der Waals surface area (Å²) in [5.41, 5.74) is 2.28. The molecule has 0 saturated carbocycles. The van der Waals surface area contributed by atoms with Gasteiger partial charge < -0.3 is 0 Å². The van der Waals surface area contributed by atoms with E-state index in [1.54, 1.807) is 12.3 Å². The van der Waals surface area contributed by atoms with Crippen molar-refractivity contribution in [2.45, 2.75) is 10.9 Å². The van der Waals surface area contributed by atoms with Crippen molar-refractivity contribution in [1.29, 1.82) is 0 Å². The lowest BCUT2D eigenvalue weighted by atomic mass is 10.2. The van der Waals surface area contributed by atoms with Crippen LogP contribution in [0, 0.1) is 5.82 Å². The minimum absolute atomic E-state index is 0.243. The standard InChI is InChI=1S/C20H14BrFN4S/c21-15-10-9-14(17(22)12-15)13-27-20-25-24-19(18-8-4-5-11-23-18)26(20)16-6-2-1-3-7-16/h1-12H,13H2. The second kappa shape index (κ2) is 8.02. The first kappa shape index (κ1) is 17.9. The molecule has 0 unspecified atom stereocenters. The fraction of sp³-hybridized carbons (Fsp3) is 0.0500. The second-order valence-corrected chi connectivity index (χ2v) is 7.57. The van der Waals surface area contributed by atoms with Gasteiger partial charge in [-0.3, -0.25) is 9.55 Å². The average Bonchev–Trinajstić information content (AvgIpc) is 3.12. The summed E-state index contributed by atoms with van der Waals surface area (Å²) < 4.78 is 16.8. The molecule has 0 atom stereocenters. The molecule has 0 amide bonds. The van der Waals surface area contributed by atoms with Crippen LogP contribution in [0.4, 0.5) is 4.39 Å². The summed E-state index contributed by atoms with van der Waals surface area (Å²) in [6, 6.07) is 20.6. The van der Waals surface area contributed by atoms with E-state index in [9.17, 15) is 4.39 Å². The molecule has 0 aliphatic rings. The van der Waals surface area contributed by atoms with Gasteiger partial charge in [-0.1, -0.05) is 58.0 Å². The first-order valence-corrected chi connectivity index (χ1v) is 9.99. The summed E-state index contributed by atoms with van der Waals surface area (Å²) in [6.07, 6.45) is 1.73. The van der Waals surface area contributed by atoms with Gasteiger partial charge in [0.15, 0.2) is 11.0 Å². The Balaban J connectivity index is 1.71. The summed E-state index contributed by atoms with van der Waals surface area (Å²) in [5.74, 6) is 0.861. The molecule has 4 rings (SSSR count). The zero-order valence-corrected chi connectivity index (χ0v) is 16.5. The average molecular weight is 441 g/mol. The fourth-order valence-electron chi connectivity index (χ4n) is 2.62. The van der Waals surface area contributed by atoms with Gasteiger partial charge >= 0.3 is 0 Å². The number of pyridine rings is 1. The topological polar surface area (TPSA) is 43.6 Å². The van der Waals surface area contributed by atoms with Crippen LogP contribution < -0.4 is 0 Å². The highest BCUT2D eigenvalue weighted by atomic mass is 79.9. The summed E-state index contributed by atoms with van der Waals surface area (Å²) in [7, 11) is 0. The Kier molecular flexibility index (Phi) is 5.31. The minimum atomic E-state index is -0.243. The molecule has 0 bridgehead atoms. The van der Waals surface area contributed by atoms with Gasteiger partial charge in [0, 0.05) is 22.1 Å². The number of aromatic nitrogens is 4. The molecule has 0 aliphatic heterocycles. The third kappa shape index (κ3) is 3.94. The van der Waals surface area contributed by atoms with Gasteiger partial charge in [0.25, 0.3) is 0 Å². The minimum Gasteiger partial charge on any atom is -0.269 e. The van der Waals surface area contributed by atoms with Gasteiger partial charge in [0.2, 0.25) is 0 Å². The monoisotopic (exact) mass is 440 g/mol. The van der Waals surface area contributed by atoms with E-state index in [1.165, 1.54) is 17.8 Å². The molecule has 7 heteroatoms. The number of hydrogen-bond donors (Lipinski definition) is 0. The molecule has 2 heterocycles. The zero-order valence-electron chi connectivity index (χ0n) is 14.1. The van der Waals surface area contributed by atoms with Gasteiger partial charge in [0.1, 0.15) is 11.5 Å². The third-order valence-corrected chi connectivity index (χ3v) is 5.38. The second-order valence-electron chi connectivity index (χ2n) is 5.72. The molecular weight excluding hydrogens is 427 g/mol. The lowest BCUT2D eigenvalue weighted by molar-refractivity contribution is 0.616. The molecule has 0 N–H and O–H groups in total. The van der Waals surface area contributed by atoms with E-state index in [0.29, 0.717) is 22.3 Å². The number of rotatable bonds is 5. The van der Waals surface area contributed by atoms with Crippen molar-refractivity contribution >= 4 is 27.7 Å². The lowest BCUT2D eigenvalue weighted by Crippen LogP contribution is -2.00. The van der Waals surface area contributed by atoms with Crippen molar-refractivity contribution in [2.24, 2.45) is 0 Å². The number of thioether (sulfide) groups is 1. The van der Waals surface area contributed by atoms with Crippen LogP contribution in [0.25, 0.3) is 17.2 Å². The highest BCUT2D eigenvalue weighted by Gasteiger charge is 2.17. The van der Waals surface area contributed by atoms with E-state index in [1.807, 2.05) is 59.2 Å². The van der Waals surface area contributed by atoms with Crippen molar-refractivity contribution in [1.82, 2.24) is 19.7 Å². The third-order valence-electron chi connectivity index (χ3n) is 3.91. The first-order chi connectivity index (χ1) is 13.2. The molecule has 2 aromatic heterocycles. The quantitative estimate of drug-likeness (QED) is 0.383. The van der Waals surface area contributed by atoms with Crippen molar-refractivity contribution in [2.75, 3.05) is 0 Å². The highest BCUT2D eigenvalue weighted by molar-refractivity contribution is 9.10. The fourth-order valence-corrected chi connectivity index (χ4v) is 3.89. The number of halogens is 2. The Hall–Kier alpha value is -2.51. The van der Waals surface area contributed by atoms with Crippen LogP contribution in [0.2, 0.25) is 0 Å². The van der Waals surface area contributed by atoms with Gasteiger partial charge in [-0.25, -0.2) is 4.39 Å². The normalized spacial score (nSPS) is 10.9. The molecule has 4 aromatic rings. The van der Waals surface area contributed by atoms with Gasteiger partial charge in [0.05, 0.1) is 0 Å². The number of benzene rings is 2. The number of nitrogens with zero attached hydrogens (tertiary/aromatic N) is 4. The van der Waals surface area contributed by atoms with E-state index >= 15 is 0 Å². The Morgan fingerprint density at radius 2 is 1.78 bits per heavy atom. The van der Waals surface area contributed by atoms with Crippen molar-refractivity contribution in [3.05, 3.63) is 88.8 Å². The molecule has 0 saturated heterocycles. The maximum atomic E-state index is 14.2. The summed E-state index contributed by atoms with van der Waals surface area (Å²) in [4.78, 5) is 4.39. The predicted molar refractivity (Wildman–Crippen MR) is 108 cm³/mol. The van der Waals surface area contributed by atoms with Crippen LogP contribution >= 0.6 is 27.7 Å². The molecule has 27 heavy (non-hydrogen) atoms. The summed E-state index contributed by atoms with van der Waals surface area (Å²) in [6.45, 7) is 0. The number of hydrogen-bond acceptors (Lipinski definition) is 4. The van der Waals surface area contributed by atoms with Crippen molar-refractivity contribution in [3.63, 3.8) is 0 Å². The van der Waals surface area contributed by atoms with E-state index in [4.69, 9.17) is 0 Å².